The molecule has 0 saturated heterocycles. The summed E-state index contributed by atoms with van der Waals surface area (Å²) in [5, 5.41) is 0. The van der Waals surface area contributed by atoms with Crippen molar-refractivity contribution in [3.8, 4) is 5.69 Å². The molecule has 0 N–H and O–H groups in total. The molecule has 0 saturated carbocycles. The van der Waals surface area contributed by atoms with Gasteiger partial charge in [-0.15, -0.1) is 0 Å². The monoisotopic (exact) mass is 458 g/mol. The van der Waals surface area contributed by atoms with E-state index in [1.807, 2.05) is 55.7 Å². The van der Waals surface area contributed by atoms with E-state index >= 15 is 0 Å². The second kappa shape index (κ2) is 9.14. The summed E-state index contributed by atoms with van der Waals surface area (Å²) in [6.07, 6.45) is 1.74. The second-order valence-corrected chi connectivity index (χ2v) is 8.35. The molecule has 3 aromatic rings. The van der Waals surface area contributed by atoms with Gasteiger partial charge in [-0.2, -0.15) is 0 Å². The van der Waals surface area contributed by atoms with Crippen LogP contribution in [0, 0.1) is 26.6 Å². The van der Waals surface area contributed by atoms with Gasteiger partial charge in [0.2, 0.25) is 0 Å². The molecule has 0 fully saturated rings. The molecule has 2 aromatic carbocycles. The van der Waals surface area contributed by atoms with Crippen molar-refractivity contribution < 1.29 is 18.7 Å². The summed E-state index contributed by atoms with van der Waals surface area (Å²) in [7, 11) is 0. The predicted molar refractivity (Wildman–Crippen MR) is 131 cm³/mol. The van der Waals surface area contributed by atoms with Gasteiger partial charge in [0, 0.05) is 28.5 Å². The van der Waals surface area contributed by atoms with Gasteiger partial charge in [0.25, 0.3) is 5.91 Å². The van der Waals surface area contributed by atoms with Gasteiger partial charge in [-0.1, -0.05) is 17.7 Å². The standard InChI is InChI=1S/C28H27FN2O3/c1-6-34-28(33)26-20(5)31(24-11-7-17(2)8-12-24)27(32)25(26)16-21-15-18(3)30(19(21)4)23-13-9-22(29)10-14-23/h7-16H,6H2,1-5H3/b25-16-. The first kappa shape index (κ1) is 23.2. The highest BCUT2D eigenvalue weighted by atomic mass is 19.1. The van der Waals surface area contributed by atoms with Crippen LogP contribution >= 0.6 is 0 Å². The summed E-state index contributed by atoms with van der Waals surface area (Å²) >= 11 is 0. The van der Waals surface area contributed by atoms with Crippen molar-refractivity contribution in [2.75, 3.05) is 11.5 Å². The Morgan fingerprint density at radius 1 is 0.971 bits per heavy atom. The number of allylic oxidation sites excluding steroid dienone is 1. The number of esters is 1. The summed E-state index contributed by atoms with van der Waals surface area (Å²) in [5.41, 5.74) is 6.26. The summed E-state index contributed by atoms with van der Waals surface area (Å²) in [4.78, 5) is 28.1. The lowest BCUT2D eigenvalue weighted by atomic mass is 10.0. The van der Waals surface area contributed by atoms with Crippen molar-refractivity contribution in [2.24, 2.45) is 0 Å². The first-order chi connectivity index (χ1) is 16.2. The van der Waals surface area contributed by atoms with Crippen LogP contribution in [0.3, 0.4) is 0 Å². The van der Waals surface area contributed by atoms with Crippen LogP contribution in [0.4, 0.5) is 10.1 Å². The summed E-state index contributed by atoms with van der Waals surface area (Å²) in [6, 6.07) is 15.8. The first-order valence-corrected chi connectivity index (χ1v) is 11.2. The predicted octanol–water partition coefficient (Wildman–Crippen LogP) is 5.81. The van der Waals surface area contributed by atoms with E-state index in [0.29, 0.717) is 11.4 Å². The highest BCUT2D eigenvalue weighted by Gasteiger charge is 2.38. The molecular weight excluding hydrogens is 431 g/mol. The number of amides is 1. The summed E-state index contributed by atoms with van der Waals surface area (Å²) < 4.78 is 20.7. The third kappa shape index (κ3) is 4.07. The van der Waals surface area contributed by atoms with Crippen LogP contribution in [0.25, 0.3) is 11.8 Å². The first-order valence-electron chi connectivity index (χ1n) is 11.2. The van der Waals surface area contributed by atoms with Crippen LogP contribution < -0.4 is 4.90 Å². The molecule has 0 radical (unpaired) electrons. The topological polar surface area (TPSA) is 51.5 Å². The number of carbonyl (C=O) groups is 2. The molecule has 174 valence electrons. The number of benzene rings is 2. The molecular formula is C28H27FN2O3. The number of rotatable bonds is 5. The fourth-order valence-electron chi connectivity index (χ4n) is 4.36. The third-order valence-corrected chi connectivity index (χ3v) is 6.03. The fourth-order valence-corrected chi connectivity index (χ4v) is 4.36. The van der Waals surface area contributed by atoms with Crippen molar-refractivity contribution in [3.05, 3.63) is 99.8 Å². The lowest BCUT2D eigenvalue weighted by molar-refractivity contribution is -0.138. The fraction of sp³-hybridized carbons (Fsp3) is 0.214. The SMILES string of the molecule is CCOC(=O)C1=C(C)N(c2ccc(C)cc2)C(=O)/C1=C\c1cc(C)n(-c2ccc(F)cc2)c1C. The van der Waals surface area contributed by atoms with Gasteiger partial charge in [0.1, 0.15) is 5.82 Å². The number of aryl methyl sites for hydroxylation is 2. The van der Waals surface area contributed by atoms with Crippen LogP contribution in [0.2, 0.25) is 0 Å². The van der Waals surface area contributed by atoms with Gasteiger partial charge in [0.05, 0.1) is 17.8 Å². The molecule has 1 amide bonds. The Bertz CT molecular complexity index is 1330. The molecule has 4 rings (SSSR count). The van der Waals surface area contributed by atoms with E-state index in [4.69, 9.17) is 4.74 Å². The smallest absolute Gasteiger partial charge is 0.340 e. The third-order valence-electron chi connectivity index (χ3n) is 6.03. The number of halogens is 1. The molecule has 34 heavy (non-hydrogen) atoms. The number of anilines is 1. The molecule has 1 aliphatic heterocycles. The van der Waals surface area contributed by atoms with Crippen molar-refractivity contribution >= 4 is 23.6 Å². The van der Waals surface area contributed by atoms with Crippen molar-refractivity contribution in [1.82, 2.24) is 4.57 Å². The van der Waals surface area contributed by atoms with E-state index in [9.17, 15) is 14.0 Å². The van der Waals surface area contributed by atoms with E-state index in [1.165, 1.54) is 12.1 Å². The minimum absolute atomic E-state index is 0.209. The Kier molecular flexibility index (Phi) is 6.24. The Balaban J connectivity index is 1.84. The molecule has 0 spiro atoms. The van der Waals surface area contributed by atoms with Crippen LogP contribution in [0.1, 0.15) is 36.4 Å². The number of ether oxygens (including phenoxy) is 1. The average Bonchev–Trinajstić information content (AvgIpc) is 3.21. The number of hydrogen-bond acceptors (Lipinski definition) is 3. The van der Waals surface area contributed by atoms with Crippen LogP contribution in [-0.4, -0.2) is 23.1 Å². The average molecular weight is 459 g/mol. The molecule has 1 aromatic heterocycles. The quantitative estimate of drug-likeness (QED) is 0.358. The maximum atomic E-state index is 13.6. The Morgan fingerprint density at radius 2 is 1.59 bits per heavy atom. The van der Waals surface area contributed by atoms with Crippen molar-refractivity contribution in [2.45, 2.75) is 34.6 Å². The minimum atomic E-state index is -0.526. The van der Waals surface area contributed by atoms with Crippen LogP contribution in [0.15, 0.2) is 71.4 Å². The van der Waals surface area contributed by atoms with E-state index in [-0.39, 0.29) is 29.5 Å². The maximum absolute atomic E-state index is 13.6. The van der Waals surface area contributed by atoms with E-state index < -0.39 is 5.97 Å². The van der Waals surface area contributed by atoms with Crippen LogP contribution in [-0.2, 0) is 14.3 Å². The number of hydrogen-bond donors (Lipinski definition) is 0. The molecule has 0 aliphatic carbocycles. The van der Waals surface area contributed by atoms with Gasteiger partial charge < -0.3 is 9.30 Å². The normalized spacial score (nSPS) is 14.9. The van der Waals surface area contributed by atoms with E-state index in [2.05, 4.69) is 0 Å². The minimum Gasteiger partial charge on any atom is -0.462 e. The Labute approximate surface area is 198 Å². The number of aromatic nitrogens is 1. The highest BCUT2D eigenvalue weighted by Crippen LogP contribution is 2.36. The lowest BCUT2D eigenvalue weighted by Gasteiger charge is -2.18. The highest BCUT2D eigenvalue weighted by molar-refractivity contribution is 6.23. The van der Waals surface area contributed by atoms with E-state index in [1.54, 1.807) is 37.0 Å². The van der Waals surface area contributed by atoms with Crippen LogP contribution in [0.5, 0.6) is 0 Å². The second-order valence-electron chi connectivity index (χ2n) is 8.35. The number of nitrogens with zero attached hydrogens (tertiary/aromatic N) is 2. The molecule has 0 unspecified atom stereocenters. The van der Waals surface area contributed by atoms with Gasteiger partial charge in [0.15, 0.2) is 0 Å². The summed E-state index contributed by atoms with van der Waals surface area (Å²) in [5.74, 6) is -1.11. The molecule has 6 heteroatoms. The van der Waals surface area contributed by atoms with Gasteiger partial charge in [-0.25, -0.2) is 9.18 Å². The molecule has 0 atom stereocenters. The zero-order valence-electron chi connectivity index (χ0n) is 20.0. The van der Waals surface area contributed by atoms with Crippen molar-refractivity contribution in [1.29, 1.82) is 0 Å². The zero-order chi connectivity index (χ0) is 24.6. The van der Waals surface area contributed by atoms with Gasteiger partial charge in [-0.3, -0.25) is 9.69 Å². The Hall–Kier alpha value is -3.93. The molecule has 2 heterocycles. The number of carbonyl (C=O) groups excluding carboxylic acids is 2. The van der Waals surface area contributed by atoms with Gasteiger partial charge in [-0.05, 0) is 88.7 Å². The van der Waals surface area contributed by atoms with E-state index in [0.717, 1.165) is 28.2 Å². The van der Waals surface area contributed by atoms with Crippen molar-refractivity contribution in [3.63, 3.8) is 0 Å². The maximum Gasteiger partial charge on any atom is 0.340 e. The zero-order valence-corrected chi connectivity index (χ0v) is 20.0. The molecule has 0 bridgehead atoms. The molecule has 5 nitrogen and oxygen atoms in total. The molecule has 1 aliphatic rings. The largest absolute Gasteiger partial charge is 0.462 e. The van der Waals surface area contributed by atoms with Gasteiger partial charge >= 0.3 is 5.97 Å². The summed E-state index contributed by atoms with van der Waals surface area (Å²) in [6.45, 7) is 9.56. The lowest BCUT2D eigenvalue weighted by Crippen LogP contribution is -2.24. The Morgan fingerprint density at radius 3 is 2.21 bits per heavy atom.